The molecule has 0 aliphatic carbocycles. The standard InChI is InChI=1S/C20H17Cl2FN4O2/c1-12(28)27(15-5-2-4-13(23)8-15)19(25)9-14(11-24)26-20(29)10-16-17(21)6-3-7-18(16)22/h2-9,11,24-25H,10H2,1H3,(H,26,29)/b14-9+,24-11?,25-19?. The van der Waals surface area contributed by atoms with Gasteiger partial charge < -0.3 is 10.7 Å². The van der Waals surface area contributed by atoms with Gasteiger partial charge in [-0.15, -0.1) is 0 Å². The molecule has 3 N–H and O–H groups in total. The number of amides is 2. The van der Waals surface area contributed by atoms with Crippen LogP contribution < -0.4 is 10.2 Å². The number of carbonyl (C=O) groups excluding carboxylic acids is 2. The van der Waals surface area contributed by atoms with Gasteiger partial charge in [-0.2, -0.15) is 0 Å². The molecule has 2 amide bonds. The Balaban J connectivity index is 2.21. The first kappa shape index (κ1) is 22.3. The van der Waals surface area contributed by atoms with Crippen molar-refractivity contribution in [2.75, 3.05) is 4.90 Å². The van der Waals surface area contributed by atoms with Crippen LogP contribution in [0, 0.1) is 16.6 Å². The maximum Gasteiger partial charge on any atom is 0.229 e. The molecule has 0 heterocycles. The second-order valence-corrected chi connectivity index (χ2v) is 6.70. The average molecular weight is 435 g/mol. The Labute approximate surface area is 176 Å². The number of carbonyl (C=O) groups is 2. The van der Waals surface area contributed by atoms with Crippen LogP contribution in [0.4, 0.5) is 10.1 Å². The zero-order valence-corrected chi connectivity index (χ0v) is 16.8. The number of nitrogens with zero attached hydrogens (tertiary/aromatic N) is 1. The normalized spacial score (nSPS) is 11.0. The minimum Gasteiger partial charge on any atom is -0.324 e. The van der Waals surface area contributed by atoms with Crippen LogP contribution in [-0.2, 0) is 16.0 Å². The van der Waals surface area contributed by atoms with Gasteiger partial charge >= 0.3 is 0 Å². The molecule has 2 aromatic carbocycles. The number of hydrogen-bond acceptors (Lipinski definition) is 4. The molecule has 0 saturated carbocycles. The summed E-state index contributed by atoms with van der Waals surface area (Å²) in [7, 11) is 0. The summed E-state index contributed by atoms with van der Waals surface area (Å²) in [4.78, 5) is 25.2. The maximum atomic E-state index is 13.5. The van der Waals surface area contributed by atoms with Crippen LogP contribution in [0.5, 0.6) is 0 Å². The smallest absolute Gasteiger partial charge is 0.229 e. The molecule has 29 heavy (non-hydrogen) atoms. The number of anilines is 1. The molecule has 0 radical (unpaired) electrons. The van der Waals surface area contributed by atoms with Crippen LogP contribution in [0.2, 0.25) is 10.0 Å². The molecule has 0 aliphatic rings. The van der Waals surface area contributed by atoms with E-state index in [0.29, 0.717) is 15.6 Å². The number of benzene rings is 2. The number of nitrogens with one attached hydrogen (secondary N) is 3. The van der Waals surface area contributed by atoms with Gasteiger partial charge in [0, 0.05) is 29.3 Å². The van der Waals surface area contributed by atoms with Crippen LogP contribution >= 0.6 is 23.2 Å². The summed E-state index contributed by atoms with van der Waals surface area (Å²) in [5.41, 5.74) is 0.543. The molecule has 0 aromatic heterocycles. The summed E-state index contributed by atoms with van der Waals surface area (Å²) < 4.78 is 13.5. The van der Waals surface area contributed by atoms with Crippen molar-refractivity contribution >= 4 is 52.8 Å². The Morgan fingerprint density at radius 3 is 2.34 bits per heavy atom. The second-order valence-electron chi connectivity index (χ2n) is 5.89. The fourth-order valence-electron chi connectivity index (χ4n) is 2.50. The number of halogens is 3. The van der Waals surface area contributed by atoms with E-state index in [2.05, 4.69) is 5.32 Å². The first-order chi connectivity index (χ1) is 13.7. The lowest BCUT2D eigenvalue weighted by molar-refractivity contribution is -0.119. The lowest BCUT2D eigenvalue weighted by Crippen LogP contribution is -2.35. The molecule has 0 fully saturated rings. The molecular formula is C20H17Cl2FN4O2. The Hall–Kier alpha value is -3.03. The van der Waals surface area contributed by atoms with Crippen molar-refractivity contribution < 1.29 is 14.0 Å². The lowest BCUT2D eigenvalue weighted by atomic mass is 10.1. The molecule has 6 nitrogen and oxygen atoms in total. The predicted octanol–water partition coefficient (Wildman–Crippen LogP) is 4.36. The van der Waals surface area contributed by atoms with E-state index in [1.54, 1.807) is 18.2 Å². The van der Waals surface area contributed by atoms with Gasteiger partial charge in [-0.1, -0.05) is 35.3 Å². The van der Waals surface area contributed by atoms with Crippen molar-refractivity contribution in [1.82, 2.24) is 5.32 Å². The Morgan fingerprint density at radius 1 is 1.17 bits per heavy atom. The van der Waals surface area contributed by atoms with E-state index < -0.39 is 17.6 Å². The van der Waals surface area contributed by atoms with Gasteiger partial charge in [0.2, 0.25) is 11.8 Å². The first-order valence-corrected chi connectivity index (χ1v) is 9.08. The van der Waals surface area contributed by atoms with Crippen molar-refractivity contribution in [2.24, 2.45) is 0 Å². The van der Waals surface area contributed by atoms with Crippen molar-refractivity contribution in [3.05, 3.63) is 75.7 Å². The van der Waals surface area contributed by atoms with E-state index in [1.165, 1.54) is 25.1 Å². The molecule has 2 rings (SSSR count). The van der Waals surface area contributed by atoms with Crippen LogP contribution in [0.25, 0.3) is 0 Å². The molecule has 9 heteroatoms. The van der Waals surface area contributed by atoms with Gasteiger partial charge in [0.15, 0.2) is 0 Å². The van der Waals surface area contributed by atoms with E-state index in [0.717, 1.165) is 23.3 Å². The monoisotopic (exact) mass is 434 g/mol. The molecule has 0 unspecified atom stereocenters. The van der Waals surface area contributed by atoms with Gasteiger partial charge in [0.05, 0.1) is 17.8 Å². The lowest BCUT2D eigenvalue weighted by Gasteiger charge is -2.20. The summed E-state index contributed by atoms with van der Waals surface area (Å²) in [5.74, 6) is -1.96. The second kappa shape index (κ2) is 9.95. The largest absolute Gasteiger partial charge is 0.324 e. The summed E-state index contributed by atoms with van der Waals surface area (Å²) in [6.07, 6.45) is 1.80. The first-order valence-electron chi connectivity index (χ1n) is 8.32. The number of amidine groups is 1. The summed E-state index contributed by atoms with van der Waals surface area (Å²) in [6, 6.07) is 10.0. The third kappa shape index (κ3) is 5.97. The fraction of sp³-hybridized carbons (Fsp3) is 0.100. The quantitative estimate of drug-likeness (QED) is 0.465. The van der Waals surface area contributed by atoms with Crippen LogP contribution in [0.15, 0.2) is 54.2 Å². The summed E-state index contributed by atoms with van der Waals surface area (Å²) >= 11 is 12.1. The van der Waals surface area contributed by atoms with Crippen molar-refractivity contribution in [3.8, 4) is 0 Å². The van der Waals surface area contributed by atoms with E-state index >= 15 is 0 Å². The summed E-state index contributed by atoms with van der Waals surface area (Å²) in [6.45, 7) is 1.22. The molecule has 0 aliphatic heterocycles. The highest BCUT2D eigenvalue weighted by atomic mass is 35.5. The molecule has 150 valence electrons. The Bertz CT molecular complexity index is 987. The molecule has 0 bridgehead atoms. The van der Waals surface area contributed by atoms with Crippen LogP contribution in [0.1, 0.15) is 12.5 Å². The third-order valence-corrected chi connectivity index (χ3v) is 4.46. The SMILES string of the molecule is CC(=O)N(C(=N)/C=C(\C=N)NC(=O)Cc1c(Cl)cccc1Cl)c1cccc(F)c1. The van der Waals surface area contributed by atoms with Crippen LogP contribution in [0.3, 0.4) is 0 Å². The highest BCUT2D eigenvalue weighted by molar-refractivity contribution is 6.36. The zero-order valence-electron chi connectivity index (χ0n) is 15.3. The van der Waals surface area contributed by atoms with Crippen molar-refractivity contribution in [1.29, 1.82) is 10.8 Å². The van der Waals surface area contributed by atoms with Crippen molar-refractivity contribution in [2.45, 2.75) is 13.3 Å². The predicted molar refractivity (Wildman–Crippen MR) is 112 cm³/mol. The highest BCUT2D eigenvalue weighted by Gasteiger charge is 2.17. The van der Waals surface area contributed by atoms with Gasteiger partial charge in [0.1, 0.15) is 11.7 Å². The van der Waals surface area contributed by atoms with Gasteiger partial charge in [-0.05, 0) is 35.9 Å². The van der Waals surface area contributed by atoms with Gasteiger partial charge in [-0.25, -0.2) is 4.39 Å². The van der Waals surface area contributed by atoms with Gasteiger partial charge in [-0.3, -0.25) is 19.9 Å². The molecular weight excluding hydrogens is 418 g/mol. The molecule has 0 spiro atoms. The average Bonchev–Trinajstić information content (AvgIpc) is 2.64. The third-order valence-electron chi connectivity index (χ3n) is 3.75. The zero-order chi connectivity index (χ0) is 21.6. The topological polar surface area (TPSA) is 97.1 Å². The minimum absolute atomic E-state index is 0.0363. The number of allylic oxidation sites excluding steroid dienone is 1. The Morgan fingerprint density at radius 2 is 1.79 bits per heavy atom. The molecule has 0 atom stereocenters. The van der Waals surface area contributed by atoms with Gasteiger partial charge in [0.25, 0.3) is 0 Å². The maximum absolute atomic E-state index is 13.5. The fourth-order valence-corrected chi connectivity index (χ4v) is 3.03. The number of hydrogen-bond donors (Lipinski definition) is 3. The highest BCUT2D eigenvalue weighted by Crippen LogP contribution is 2.24. The Kier molecular flexibility index (Phi) is 7.64. The van der Waals surface area contributed by atoms with E-state index in [4.69, 9.17) is 34.0 Å². The summed E-state index contributed by atoms with van der Waals surface area (Å²) in [5, 5.41) is 18.8. The van der Waals surface area contributed by atoms with E-state index in [9.17, 15) is 14.0 Å². The minimum atomic E-state index is -0.567. The van der Waals surface area contributed by atoms with Crippen molar-refractivity contribution in [3.63, 3.8) is 0 Å². The molecule has 0 saturated heterocycles. The number of rotatable bonds is 6. The van der Waals surface area contributed by atoms with E-state index in [1.807, 2.05) is 0 Å². The van der Waals surface area contributed by atoms with E-state index in [-0.39, 0.29) is 23.6 Å². The van der Waals surface area contributed by atoms with Crippen LogP contribution in [-0.4, -0.2) is 23.9 Å². The molecule has 2 aromatic rings.